The van der Waals surface area contributed by atoms with Gasteiger partial charge >= 0.3 is 0 Å². The Kier molecular flexibility index (Phi) is 7.38. The molecule has 2 amide bonds. The summed E-state index contributed by atoms with van der Waals surface area (Å²) in [6, 6.07) is 24.8. The molecular formula is C29H23N3O3S. The maximum Gasteiger partial charge on any atom is 0.286 e. The molecular weight excluding hydrogens is 470 g/mol. The van der Waals surface area contributed by atoms with Gasteiger partial charge < -0.3 is 5.32 Å². The van der Waals surface area contributed by atoms with Crippen molar-refractivity contribution in [1.82, 2.24) is 4.98 Å². The van der Waals surface area contributed by atoms with Crippen LogP contribution in [-0.2, 0) is 9.73 Å². The zero-order valence-corrected chi connectivity index (χ0v) is 20.6. The highest BCUT2D eigenvalue weighted by molar-refractivity contribution is 7.93. The third-order valence-electron chi connectivity index (χ3n) is 5.28. The first-order valence-electron chi connectivity index (χ1n) is 11.1. The third kappa shape index (κ3) is 6.12. The molecule has 0 bridgehead atoms. The minimum absolute atomic E-state index is 0.194. The van der Waals surface area contributed by atoms with Crippen LogP contribution in [0.5, 0.6) is 0 Å². The zero-order chi connectivity index (χ0) is 25.5. The van der Waals surface area contributed by atoms with Gasteiger partial charge in [-0.15, -0.1) is 0 Å². The van der Waals surface area contributed by atoms with E-state index in [1.165, 1.54) is 18.6 Å². The normalized spacial score (nSPS) is 11.9. The van der Waals surface area contributed by atoms with Gasteiger partial charge in [0.15, 0.2) is 0 Å². The van der Waals surface area contributed by atoms with E-state index in [0.29, 0.717) is 27.3 Å². The minimum Gasteiger partial charge on any atom is -0.322 e. The first-order chi connectivity index (χ1) is 17.3. The molecule has 36 heavy (non-hydrogen) atoms. The van der Waals surface area contributed by atoms with Gasteiger partial charge in [-0.2, -0.15) is 4.36 Å². The molecule has 0 fully saturated rings. The molecule has 4 aromatic rings. The second-order valence-electron chi connectivity index (χ2n) is 8.07. The van der Waals surface area contributed by atoms with Crippen LogP contribution < -0.4 is 5.32 Å². The maximum absolute atomic E-state index is 12.9. The lowest BCUT2D eigenvalue weighted by Crippen LogP contribution is -2.13. The third-order valence-corrected chi connectivity index (χ3v) is 6.95. The molecule has 7 heteroatoms. The summed E-state index contributed by atoms with van der Waals surface area (Å²) in [6.45, 7) is 1.89. The van der Waals surface area contributed by atoms with Crippen molar-refractivity contribution < 1.29 is 13.8 Å². The molecule has 1 heterocycles. The summed E-state index contributed by atoms with van der Waals surface area (Å²) in [7, 11) is -2.89. The van der Waals surface area contributed by atoms with E-state index in [2.05, 4.69) is 26.5 Å². The molecule has 0 saturated carbocycles. The van der Waals surface area contributed by atoms with Gasteiger partial charge in [0.25, 0.3) is 11.8 Å². The van der Waals surface area contributed by atoms with Crippen LogP contribution in [0.2, 0.25) is 0 Å². The molecule has 0 aliphatic heterocycles. The molecule has 1 atom stereocenters. The second kappa shape index (κ2) is 10.8. The highest BCUT2D eigenvalue weighted by Crippen LogP contribution is 2.15. The Morgan fingerprint density at radius 3 is 2.36 bits per heavy atom. The summed E-state index contributed by atoms with van der Waals surface area (Å²) in [4.78, 5) is 29.8. The van der Waals surface area contributed by atoms with Crippen molar-refractivity contribution in [3.8, 4) is 11.8 Å². The fourth-order valence-corrected chi connectivity index (χ4v) is 4.60. The molecule has 0 radical (unpaired) electrons. The number of aromatic nitrogens is 1. The van der Waals surface area contributed by atoms with Gasteiger partial charge in [0.2, 0.25) is 0 Å². The molecule has 0 unspecified atom stereocenters. The van der Waals surface area contributed by atoms with Gasteiger partial charge in [0.05, 0.1) is 15.3 Å². The number of hydrogen-bond donors (Lipinski definition) is 1. The molecule has 0 aliphatic carbocycles. The van der Waals surface area contributed by atoms with Gasteiger partial charge in [-0.3, -0.25) is 14.6 Å². The number of hydrogen-bond acceptors (Lipinski definition) is 4. The van der Waals surface area contributed by atoms with E-state index < -0.39 is 15.6 Å². The summed E-state index contributed by atoms with van der Waals surface area (Å²) in [5.41, 5.74) is 3.51. The van der Waals surface area contributed by atoms with E-state index in [1.807, 2.05) is 31.2 Å². The van der Waals surface area contributed by atoms with Crippen LogP contribution in [0.3, 0.4) is 0 Å². The van der Waals surface area contributed by atoms with Crippen molar-refractivity contribution in [1.29, 1.82) is 0 Å². The largest absolute Gasteiger partial charge is 0.322 e. The summed E-state index contributed by atoms with van der Waals surface area (Å²) in [6.07, 6.45) is 4.34. The molecule has 0 spiro atoms. The fourth-order valence-electron chi connectivity index (χ4n) is 3.41. The number of amides is 2. The average Bonchev–Trinajstić information content (AvgIpc) is 2.88. The second-order valence-corrected chi connectivity index (χ2v) is 10.3. The van der Waals surface area contributed by atoms with Crippen LogP contribution in [0.4, 0.5) is 5.69 Å². The average molecular weight is 494 g/mol. The Bertz CT molecular complexity index is 1630. The zero-order valence-electron chi connectivity index (χ0n) is 19.8. The first-order valence-corrected chi connectivity index (χ1v) is 13.0. The lowest BCUT2D eigenvalue weighted by atomic mass is 10.1. The minimum atomic E-state index is -2.89. The van der Waals surface area contributed by atoms with Crippen LogP contribution in [0.25, 0.3) is 0 Å². The van der Waals surface area contributed by atoms with E-state index in [4.69, 9.17) is 0 Å². The predicted molar refractivity (Wildman–Crippen MR) is 141 cm³/mol. The van der Waals surface area contributed by atoms with E-state index in [0.717, 1.165) is 5.56 Å². The Hall–Kier alpha value is -4.54. The van der Waals surface area contributed by atoms with E-state index in [9.17, 15) is 13.8 Å². The monoisotopic (exact) mass is 493 g/mol. The van der Waals surface area contributed by atoms with Gasteiger partial charge in [-0.05, 0) is 55.0 Å². The Morgan fingerprint density at radius 2 is 1.58 bits per heavy atom. The highest BCUT2D eigenvalue weighted by atomic mass is 32.2. The van der Waals surface area contributed by atoms with E-state index >= 15 is 0 Å². The Labute approximate surface area is 210 Å². The number of pyridine rings is 1. The summed E-state index contributed by atoms with van der Waals surface area (Å²) in [5.74, 6) is 5.19. The SMILES string of the molecule is Cc1ccccc1C(=O)Nc1cccc(C#Cc2cncc(C(=O)N=[S@@](C)(=O)c3ccccc3)c2)c1. The van der Waals surface area contributed by atoms with Crippen molar-refractivity contribution >= 4 is 27.2 Å². The number of benzene rings is 3. The van der Waals surface area contributed by atoms with Gasteiger partial charge in [0, 0.05) is 45.9 Å². The first kappa shape index (κ1) is 24.6. The predicted octanol–water partition coefficient (Wildman–Crippen LogP) is 5.34. The van der Waals surface area contributed by atoms with Gasteiger partial charge in [0.1, 0.15) is 0 Å². The van der Waals surface area contributed by atoms with Crippen LogP contribution in [0, 0.1) is 18.8 Å². The number of nitrogens with one attached hydrogen (secondary N) is 1. The Morgan fingerprint density at radius 1 is 0.861 bits per heavy atom. The topological polar surface area (TPSA) is 88.5 Å². The molecule has 178 valence electrons. The summed E-state index contributed by atoms with van der Waals surface area (Å²) < 4.78 is 16.9. The number of anilines is 1. The number of nitrogens with zero attached hydrogens (tertiary/aromatic N) is 2. The lowest BCUT2D eigenvalue weighted by molar-refractivity contribution is 0.100. The maximum atomic E-state index is 12.9. The smallest absolute Gasteiger partial charge is 0.286 e. The van der Waals surface area contributed by atoms with Gasteiger partial charge in [-0.1, -0.05) is 54.3 Å². The Balaban J connectivity index is 1.52. The van der Waals surface area contributed by atoms with Crippen molar-refractivity contribution in [3.63, 3.8) is 0 Å². The highest BCUT2D eigenvalue weighted by Gasteiger charge is 2.12. The van der Waals surface area contributed by atoms with Crippen LogP contribution in [-0.4, -0.2) is 27.3 Å². The molecule has 1 aromatic heterocycles. The van der Waals surface area contributed by atoms with E-state index in [-0.39, 0.29) is 11.5 Å². The molecule has 0 saturated heterocycles. The molecule has 6 nitrogen and oxygen atoms in total. The summed E-state index contributed by atoms with van der Waals surface area (Å²) in [5, 5.41) is 2.89. The number of aryl methyl sites for hydroxylation is 1. The van der Waals surface area contributed by atoms with Crippen molar-refractivity contribution in [2.45, 2.75) is 11.8 Å². The van der Waals surface area contributed by atoms with Crippen LogP contribution in [0.1, 0.15) is 37.4 Å². The number of rotatable bonds is 4. The molecule has 3 aromatic carbocycles. The van der Waals surface area contributed by atoms with Gasteiger partial charge in [-0.25, -0.2) is 4.21 Å². The molecule has 1 N–H and O–H groups in total. The lowest BCUT2D eigenvalue weighted by Gasteiger charge is -2.07. The van der Waals surface area contributed by atoms with E-state index in [1.54, 1.807) is 60.7 Å². The van der Waals surface area contributed by atoms with Crippen LogP contribution in [0.15, 0.2) is 107 Å². The van der Waals surface area contributed by atoms with Crippen molar-refractivity contribution in [3.05, 3.63) is 125 Å². The van der Waals surface area contributed by atoms with Crippen molar-refractivity contribution in [2.24, 2.45) is 4.36 Å². The number of carbonyl (C=O) groups is 2. The fraction of sp³-hybridized carbons (Fsp3) is 0.0690. The molecule has 0 aliphatic rings. The van der Waals surface area contributed by atoms with Crippen molar-refractivity contribution in [2.75, 3.05) is 11.6 Å². The number of carbonyl (C=O) groups excluding carboxylic acids is 2. The summed E-state index contributed by atoms with van der Waals surface area (Å²) >= 11 is 0. The standard InChI is InChI=1S/C29H23N3O3S/c1-21-9-6-7-14-27(21)29(34)31-25-11-8-10-22(18-25)15-16-23-17-24(20-30-19-23)28(33)32-36(2,35)26-12-4-3-5-13-26/h3-14,17-20H,1-2H3,(H,31,34)/t36-/m0/s1. The molecule has 4 rings (SSSR count). The van der Waals surface area contributed by atoms with Crippen LogP contribution >= 0.6 is 0 Å². The quantitative estimate of drug-likeness (QED) is 0.389.